The third kappa shape index (κ3) is 52.2. The zero-order valence-electron chi connectivity index (χ0n) is 3.51. The Kier molecular flexibility index (Phi) is 807. The minimum absolute atomic E-state index is 0. The van der Waals surface area contributed by atoms with Crippen LogP contribution in [0.5, 0.6) is 0 Å². The predicted octanol–water partition coefficient (Wildman–Crippen LogP) is 2.24. The summed E-state index contributed by atoms with van der Waals surface area (Å²) in [6.07, 6.45) is 0. The molecule has 0 aliphatic heterocycles. The molecule has 0 rings (SSSR count). The number of hydrogen-bond donors (Lipinski definition) is 0. The number of nitrogens with one attached hydrogen (secondary N) is 1. The summed E-state index contributed by atoms with van der Waals surface area (Å²) in [5.41, 5.74) is 0. The van der Waals surface area contributed by atoms with Crippen LogP contribution in [-0.2, 0) is 33.0 Å². The minimum Gasteiger partial charge on any atom is -0.613 e. The topological polar surface area (TPSA) is 23.8 Å². The molecule has 0 radical (unpaired) electrons. The van der Waals surface area contributed by atoms with Crippen LogP contribution < -0.4 is 0 Å². The van der Waals surface area contributed by atoms with E-state index in [9.17, 15) is 0 Å². The Labute approximate surface area is 68.6 Å². The van der Waals surface area contributed by atoms with Gasteiger partial charge in [-0.3, -0.25) is 0 Å². The van der Waals surface area contributed by atoms with Crippen molar-refractivity contribution in [1.82, 2.24) is 0 Å². The van der Waals surface area contributed by atoms with Crippen LogP contribution in [0.15, 0.2) is 0 Å². The second-order valence-corrected chi connectivity index (χ2v) is 0. The zero-order chi connectivity index (χ0) is 2.00. The van der Waals surface area contributed by atoms with Crippen LogP contribution in [0.2, 0.25) is 0 Å². The molecule has 0 aliphatic rings. The van der Waals surface area contributed by atoms with Gasteiger partial charge in [0.05, 0.1) is 0 Å². The molecule has 0 atom stereocenters. The molecule has 0 aliphatic carbocycles. The van der Waals surface area contributed by atoms with E-state index in [1.807, 2.05) is 0 Å². The summed E-state index contributed by atoms with van der Waals surface area (Å²) >= 11 is 2.19. The fraction of sp³-hybridized carbons (Fsp3) is 0. The first-order valence-electron chi connectivity index (χ1n) is 0.189. The van der Waals surface area contributed by atoms with Gasteiger partial charge in [-0.15, -0.1) is 0 Å². The molecule has 0 amide bonds. The van der Waals surface area contributed by atoms with Gasteiger partial charge in [-0.1, -0.05) is 0 Å². The predicted molar refractivity (Wildman–Crippen MR) is 26.1 cm³/mol. The Balaban J connectivity index is -0.000000000833. The van der Waals surface area contributed by atoms with Gasteiger partial charge < -0.3 is 19.6 Å². The van der Waals surface area contributed by atoms with Crippen molar-refractivity contribution >= 4 is 16.1 Å². The Morgan fingerprint density at radius 1 is 1.00 bits per heavy atom. The molecule has 48 valence electrons. The molecule has 0 saturated carbocycles. The average Bonchev–Trinajstić information content (AvgIpc) is 1.00. The fourth-order valence-corrected chi connectivity index (χ4v) is 0. The van der Waals surface area contributed by atoms with Gasteiger partial charge in [0.1, 0.15) is 0 Å². The van der Waals surface area contributed by atoms with Crippen LogP contribution >= 0.6 is 16.1 Å². The number of halogens is 1. The minimum atomic E-state index is 0. The molecular weight excluding hydrogens is 235 g/mol. The van der Waals surface area contributed by atoms with Gasteiger partial charge in [-0.25, -0.2) is 16.1 Å². The van der Waals surface area contributed by atoms with Crippen molar-refractivity contribution in [2.45, 2.75) is 0 Å². The van der Waals surface area contributed by atoms with Crippen LogP contribution in [0, 0.1) is 14.9 Å². The van der Waals surface area contributed by atoms with Gasteiger partial charge in [-0.2, -0.15) is 0 Å². The SMILES string of the molecule is [CH3-].[CH3-].[NH-]Br.[Ni+2].[Ni]. The largest absolute Gasteiger partial charge is 2.00 e. The smallest absolute Gasteiger partial charge is 0.613 e. The van der Waals surface area contributed by atoms with E-state index in [0.29, 0.717) is 0 Å². The van der Waals surface area contributed by atoms with E-state index >= 15 is 0 Å². The normalized spacial score (nSPS) is 1.00. The van der Waals surface area contributed by atoms with E-state index in [1.54, 1.807) is 0 Å². The maximum absolute atomic E-state index is 5.56. The van der Waals surface area contributed by atoms with Gasteiger partial charge in [0.2, 0.25) is 0 Å². The molecule has 6 heavy (non-hydrogen) atoms. The van der Waals surface area contributed by atoms with Crippen molar-refractivity contribution in [3.8, 4) is 0 Å². The molecule has 0 saturated heterocycles. The maximum Gasteiger partial charge on any atom is 2.00 e. The molecule has 0 fully saturated rings. The van der Waals surface area contributed by atoms with Crippen LogP contribution in [0.4, 0.5) is 0 Å². The standard InChI is InChI=1S/2CH3.BrHN.2Ni/c;;1-2;;/h2*1H3;2H;;/q3*-1;;+2. The third-order valence-corrected chi connectivity index (χ3v) is 0. The van der Waals surface area contributed by atoms with Crippen molar-refractivity contribution in [2.75, 3.05) is 0 Å². The van der Waals surface area contributed by atoms with Gasteiger partial charge >= 0.3 is 16.5 Å². The average molecular weight is 242 g/mol. The van der Waals surface area contributed by atoms with Crippen LogP contribution in [0.1, 0.15) is 0 Å². The third-order valence-electron chi connectivity index (χ3n) is 0. The monoisotopic (exact) mass is 240 g/mol. The van der Waals surface area contributed by atoms with Crippen molar-refractivity contribution in [3.05, 3.63) is 19.6 Å². The maximum atomic E-state index is 5.56. The molecule has 1 N–H and O–H groups in total. The zero-order valence-corrected chi connectivity index (χ0v) is 7.07. The summed E-state index contributed by atoms with van der Waals surface area (Å²) < 4.78 is 5.56. The molecule has 0 bridgehead atoms. The van der Waals surface area contributed by atoms with Crippen molar-refractivity contribution in [1.29, 1.82) is 0 Å². The summed E-state index contributed by atoms with van der Waals surface area (Å²) in [6.45, 7) is 0. The van der Waals surface area contributed by atoms with Gasteiger partial charge in [-0.05, 0) is 0 Å². The van der Waals surface area contributed by atoms with E-state index in [-0.39, 0.29) is 47.8 Å². The molecule has 0 heterocycles. The molecule has 0 aromatic heterocycles. The van der Waals surface area contributed by atoms with E-state index < -0.39 is 0 Å². The van der Waals surface area contributed by atoms with E-state index in [4.69, 9.17) is 4.76 Å². The van der Waals surface area contributed by atoms with Gasteiger partial charge in [0, 0.05) is 16.5 Å². The van der Waals surface area contributed by atoms with Gasteiger partial charge in [0.15, 0.2) is 0 Å². The van der Waals surface area contributed by atoms with E-state index in [2.05, 4.69) is 16.1 Å². The van der Waals surface area contributed by atoms with Crippen molar-refractivity contribution in [3.63, 3.8) is 0 Å². The van der Waals surface area contributed by atoms with E-state index in [0.717, 1.165) is 0 Å². The Morgan fingerprint density at radius 3 is 1.00 bits per heavy atom. The van der Waals surface area contributed by atoms with E-state index in [1.165, 1.54) is 0 Å². The molecule has 0 unspecified atom stereocenters. The second-order valence-electron chi connectivity index (χ2n) is 0. The molecule has 0 aromatic rings. The first-order chi connectivity index (χ1) is 1.00. The van der Waals surface area contributed by atoms with Crippen LogP contribution in [0.25, 0.3) is 4.76 Å². The fourth-order valence-electron chi connectivity index (χ4n) is 0. The first kappa shape index (κ1) is 52.1. The first-order valence-corrected chi connectivity index (χ1v) is 0.982. The number of rotatable bonds is 0. The van der Waals surface area contributed by atoms with Gasteiger partial charge in [0.25, 0.3) is 0 Å². The van der Waals surface area contributed by atoms with Crippen molar-refractivity contribution < 1.29 is 33.0 Å². The summed E-state index contributed by atoms with van der Waals surface area (Å²) in [4.78, 5) is 0. The quantitative estimate of drug-likeness (QED) is 0.459. The summed E-state index contributed by atoms with van der Waals surface area (Å²) in [6, 6.07) is 0. The Bertz CT molecular complexity index is 11.5. The molecule has 0 spiro atoms. The summed E-state index contributed by atoms with van der Waals surface area (Å²) in [7, 11) is 0. The summed E-state index contributed by atoms with van der Waals surface area (Å²) in [5.74, 6) is 0. The van der Waals surface area contributed by atoms with Crippen molar-refractivity contribution in [2.24, 2.45) is 0 Å². The molecule has 4 heteroatoms. The van der Waals surface area contributed by atoms with Crippen LogP contribution in [0.3, 0.4) is 0 Å². The molecule has 1 nitrogen and oxygen atoms in total. The second kappa shape index (κ2) is 93.0. The molecular formula is C2H7BrNNi2-. The molecule has 0 aromatic carbocycles. The summed E-state index contributed by atoms with van der Waals surface area (Å²) in [5, 5.41) is 0. The number of hydrogen-bond acceptors (Lipinski definition) is 0. The Morgan fingerprint density at radius 2 is 1.00 bits per heavy atom. The Hall–Kier alpha value is 1.43. The van der Waals surface area contributed by atoms with Crippen LogP contribution in [-0.4, -0.2) is 0 Å².